The van der Waals surface area contributed by atoms with Crippen LogP contribution in [0.15, 0.2) is 36.7 Å². The lowest BCUT2D eigenvalue weighted by molar-refractivity contribution is 0.0713. The molecule has 0 bridgehead atoms. The molecule has 3 N–H and O–H groups in total. The second-order valence-electron chi connectivity index (χ2n) is 11.5. The Bertz CT molecular complexity index is 1240. The highest BCUT2D eigenvalue weighted by Gasteiger charge is 2.29. The van der Waals surface area contributed by atoms with Crippen molar-refractivity contribution in [3.63, 3.8) is 0 Å². The summed E-state index contributed by atoms with van der Waals surface area (Å²) >= 11 is 0. The van der Waals surface area contributed by atoms with E-state index in [1.807, 2.05) is 42.4 Å². The summed E-state index contributed by atoms with van der Waals surface area (Å²) in [5.41, 5.74) is 4.23. The predicted molar refractivity (Wildman–Crippen MR) is 156 cm³/mol. The first kappa shape index (κ1) is 27.6. The lowest BCUT2D eigenvalue weighted by Gasteiger charge is -2.32. The first-order valence-electron chi connectivity index (χ1n) is 14.8. The molecule has 1 amide bonds. The number of aromatic nitrogens is 3. The summed E-state index contributed by atoms with van der Waals surface area (Å²) in [6.45, 7) is 6.67. The van der Waals surface area contributed by atoms with Gasteiger partial charge in [0, 0.05) is 55.1 Å². The number of benzene rings is 1. The van der Waals surface area contributed by atoms with Crippen molar-refractivity contribution in [1.82, 2.24) is 24.8 Å². The largest absolute Gasteiger partial charge is 0.393 e. The molecule has 1 aromatic carbocycles. The minimum absolute atomic E-state index is 0.118. The van der Waals surface area contributed by atoms with Crippen LogP contribution >= 0.6 is 0 Å². The molecule has 0 radical (unpaired) electrons. The van der Waals surface area contributed by atoms with Gasteiger partial charge in [0.1, 0.15) is 5.65 Å². The van der Waals surface area contributed by atoms with Crippen molar-refractivity contribution in [3.05, 3.63) is 53.3 Å². The topological polar surface area (TPSA) is 95.3 Å². The number of aliphatic hydroxyl groups is 1. The van der Waals surface area contributed by atoms with Crippen molar-refractivity contribution in [2.75, 3.05) is 25.5 Å². The molecule has 0 spiro atoms. The molecule has 8 heteroatoms. The van der Waals surface area contributed by atoms with E-state index in [2.05, 4.69) is 35.2 Å². The maximum Gasteiger partial charge on any atom is 0.253 e. The lowest BCUT2D eigenvalue weighted by atomic mass is 9.89. The van der Waals surface area contributed by atoms with E-state index in [9.17, 15) is 9.90 Å². The van der Waals surface area contributed by atoms with Crippen LogP contribution < -0.4 is 10.6 Å². The number of nitrogens with one attached hydrogen (secondary N) is 2. The van der Waals surface area contributed by atoms with Gasteiger partial charge in [-0.3, -0.25) is 4.79 Å². The molecule has 210 valence electrons. The smallest absolute Gasteiger partial charge is 0.253 e. The fourth-order valence-electron chi connectivity index (χ4n) is 6.33. The standard InChI is InChI=1S/C31H44N6O2/c1-4-5-21(2)34-31-33-19-27-28(20-37(29(27)35-31)25-10-12-26(38)13-11-25)23-14-16-36(17-15-23)30(39)24-8-6-22(7-9-24)18-32-3/h6-9,19-21,23,25-26,32,38H,4-5,10-18H2,1-3H3,(H,33,34,35)/t21-,25-,26-/m0/s1. The second-order valence-corrected chi connectivity index (χ2v) is 11.5. The molecule has 39 heavy (non-hydrogen) atoms. The van der Waals surface area contributed by atoms with Crippen molar-refractivity contribution in [1.29, 1.82) is 0 Å². The molecule has 1 atom stereocenters. The Balaban J connectivity index is 1.34. The number of piperidine rings is 1. The number of amides is 1. The number of likely N-dealkylation sites (tertiary alicyclic amines) is 1. The van der Waals surface area contributed by atoms with Gasteiger partial charge >= 0.3 is 0 Å². The molecular formula is C31H44N6O2. The van der Waals surface area contributed by atoms with Crippen molar-refractivity contribution in [2.24, 2.45) is 0 Å². The van der Waals surface area contributed by atoms with Crippen LogP contribution in [-0.4, -0.2) is 62.7 Å². The van der Waals surface area contributed by atoms with Gasteiger partial charge in [0.2, 0.25) is 5.95 Å². The van der Waals surface area contributed by atoms with E-state index < -0.39 is 0 Å². The van der Waals surface area contributed by atoms with Crippen molar-refractivity contribution in [3.8, 4) is 0 Å². The predicted octanol–water partition coefficient (Wildman–Crippen LogP) is 5.25. The molecule has 3 heterocycles. The van der Waals surface area contributed by atoms with Gasteiger partial charge in [-0.2, -0.15) is 4.98 Å². The first-order chi connectivity index (χ1) is 19.0. The zero-order chi connectivity index (χ0) is 27.4. The van der Waals surface area contributed by atoms with Crippen molar-refractivity contribution < 1.29 is 9.90 Å². The molecule has 8 nitrogen and oxygen atoms in total. The minimum Gasteiger partial charge on any atom is -0.393 e. The highest BCUT2D eigenvalue weighted by molar-refractivity contribution is 5.94. The summed E-state index contributed by atoms with van der Waals surface area (Å²) in [5.74, 6) is 1.17. The Morgan fingerprint density at radius 2 is 1.82 bits per heavy atom. The van der Waals surface area contributed by atoms with E-state index in [0.29, 0.717) is 23.9 Å². The molecule has 5 rings (SSSR count). The molecule has 2 aliphatic rings. The van der Waals surface area contributed by atoms with E-state index in [1.165, 1.54) is 11.1 Å². The normalized spacial score (nSPS) is 21.3. The number of aliphatic hydroxyl groups excluding tert-OH is 1. The van der Waals surface area contributed by atoms with Gasteiger partial charge in [-0.15, -0.1) is 0 Å². The van der Waals surface area contributed by atoms with Crippen LogP contribution in [0.3, 0.4) is 0 Å². The summed E-state index contributed by atoms with van der Waals surface area (Å²) in [5, 5.41) is 17.9. The van der Waals surface area contributed by atoms with E-state index in [4.69, 9.17) is 9.97 Å². The zero-order valence-electron chi connectivity index (χ0n) is 23.7. The summed E-state index contributed by atoms with van der Waals surface area (Å²) in [6.07, 6.45) is 11.8. The minimum atomic E-state index is -0.189. The summed E-state index contributed by atoms with van der Waals surface area (Å²) in [7, 11) is 1.93. The number of carbonyl (C=O) groups excluding carboxylic acids is 1. The van der Waals surface area contributed by atoms with Crippen LogP contribution in [0, 0.1) is 0 Å². The van der Waals surface area contributed by atoms with Gasteiger partial charge < -0.3 is 25.2 Å². The monoisotopic (exact) mass is 532 g/mol. The molecule has 1 saturated heterocycles. The van der Waals surface area contributed by atoms with Crippen LogP contribution in [-0.2, 0) is 6.54 Å². The molecule has 2 aromatic heterocycles. The van der Waals surface area contributed by atoms with Crippen molar-refractivity contribution >= 4 is 22.9 Å². The Hall–Kier alpha value is -2.97. The number of carbonyl (C=O) groups is 1. The maximum atomic E-state index is 13.2. The summed E-state index contributed by atoms with van der Waals surface area (Å²) in [4.78, 5) is 24.9. The highest BCUT2D eigenvalue weighted by atomic mass is 16.3. The molecule has 2 fully saturated rings. The average Bonchev–Trinajstić information content (AvgIpc) is 3.33. The molecule has 1 aliphatic carbocycles. The van der Waals surface area contributed by atoms with Gasteiger partial charge in [-0.1, -0.05) is 25.5 Å². The molecular weight excluding hydrogens is 488 g/mol. The third-order valence-corrected chi connectivity index (χ3v) is 8.56. The van der Waals surface area contributed by atoms with E-state index >= 15 is 0 Å². The summed E-state index contributed by atoms with van der Waals surface area (Å²) < 4.78 is 2.36. The van der Waals surface area contributed by atoms with Crippen molar-refractivity contribution in [2.45, 2.75) is 95.9 Å². The SMILES string of the molecule is CCC[C@H](C)Nc1ncc2c(C3CCN(C(=O)c4ccc(CNC)cc4)CC3)cn([C@H]3CC[C@H](O)CC3)c2n1. The third kappa shape index (κ3) is 6.28. The van der Waals surface area contributed by atoms with E-state index in [-0.39, 0.29) is 12.0 Å². The van der Waals surface area contributed by atoms with Gasteiger partial charge in [-0.05, 0) is 88.1 Å². The summed E-state index contributed by atoms with van der Waals surface area (Å²) in [6, 6.07) is 8.61. The van der Waals surface area contributed by atoms with E-state index in [1.54, 1.807) is 0 Å². The molecule has 1 aliphatic heterocycles. The van der Waals surface area contributed by atoms with E-state index in [0.717, 1.165) is 87.6 Å². The molecule has 0 unspecified atom stereocenters. The Labute approximate surface area is 232 Å². The number of rotatable bonds is 9. The number of anilines is 1. The van der Waals surface area contributed by atoms with Gasteiger partial charge in [0.25, 0.3) is 5.91 Å². The van der Waals surface area contributed by atoms with Crippen LogP contribution in [0.25, 0.3) is 11.0 Å². The number of fused-ring (bicyclic) bond motifs is 1. The maximum absolute atomic E-state index is 13.2. The van der Waals surface area contributed by atoms with Gasteiger partial charge in [-0.25, -0.2) is 4.98 Å². The quantitative estimate of drug-likeness (QED) is 0.349. The molecule has 1 saturated carbocycles. The van der Waals surface area contributed by atoms with Crippen LogP contribution in [0.2, 0.25) is 0 Å². The fraction of sp³-hybridized carbons (Fsp3) is 0.581. The second kappa shape index (κ2) is 12.5. The Morgan fingerprint density at radius 3 is 2.49 bits per heavy atom. The van der Waals surface area contributed by atoms with Crippen LogP contribution in [0.5, 0.6) is 0 Å². The third-order valence-electron chi connectivity index (χ3n) is 8.56. The van der Waals surface area contributed by atoms with Gasteiger partial charge in [0.15, 0.2) is 0 Å². The molecule has 3 aromatic rings. The fourth-order valence-corrected chi connectivity index (χ4v) is 6.33. The van der Waals surface area contributed by atoms with Gasteiger partial charge in [0.05, 0.1) is 6.10 Å². The number of hydrogen-bond donors (Lipinski definition) is 3. The number of hydrogen-bond acceptors (Lipinski definition) is 6. The van der Waals surface area contributed by atoms with Crippen LogP contribution in [0.4, 0.5) is 5.95 Å². The Morgan fingerprint density at radius 1 is 1.10 bits per heavy atom. The Kier molecular flexibility index (Phi) is 8.82. The zero-order valence-corrected chi connectivity index (χ0v) is 23.7. The average molecular weight is 533 g/mol. The van der Waals surface area contributed by atoms with Crippen LogP contribution in [0.1, 0.15) is 98.7 Å². The highest BCUT2D eigenvalue weighted by Crippen LogP contribution is 2.38. The number of nitrogens with zero attached hydrogens (tertiary/aromatic N) is 4. The first-order valence-corrected chi connectivity index (χ1v) is 14.8. The lowest BCUT2D eigenvalue weighted by Crippen LogP contribution is -2.37.